The molecule has 0 bridgehead atoms. The van der Waals surface area contributed by atoms with Gasteiger partial charge in [0.2, 0.25) is 0 Å². The number of nitrogens with zero attached hydrogens (tertiary/aromatic N) is 1. The van der Waals surface area contributed by atoms with Crippen LogP contribution in [0.5, 0.6) is 0 Å². The van der Waals surface area contributed by atoms with Crippen molar-refractivity contribution in [2.24, 2.45) is 5.73 Å². The van der Waals surface area contributed by atoms with Crippen LogP contribution in [-0.2, 0) is 0 Å². The van der Waals surface area contributed by atoms with Crippen molar-refractivity contribution in [3.05, 3.63) is 14.5 Å². The molecule has 0 aliphatic heterocycles. The van der Waals surface area contributed by atoms with Gasteiger partial charge >= 0.3 is 0 Å². The quantitative estimate of drug-likeness (QED) is 0.874. The monoisotopic (exact) mass is 248 g/mol. The van der Waals surface area contributed by atoms with Crippen LogP contribution in [-0.4, -0.2) is 4.98 Å². The summed E-state index contributed by atoms with van der Waals surface area (Å²) in [5, 5.41) is 1.01. The van der Waals surface area contributed by atoms with E-state index in [1.165, 1.54) is 4.88 Å². The van der Waals surface area contributed by atoms with Gasteiger partial charge in [0.25, 0.3) is 0 Å². The van der Waals surface area contributed by atoms with Crippen LogP contribution in [0.3, 0.4) is 0 Å². The fourth-order valence-corrected chi connectivity index (χ4v) is 2.80. The van der Waals surface area contributed by atoms with Crippen molar-refractivity contribution >= 4 is 27.3 Å². The summed E-state index contributed by atoms with van der Waals surface area (Å²) in [4.78, 5) is 5.62. The first-order chi connectivity index (χ1) is 5.52. The molecule has 1 unspecified atom stereocenters. The molecule has 2 nitrogen and oxygen atoms in total. The van der Waals surface area contributed by atoms with E-state index < -0.39 is 0 Å². The molecule has 1 aromatic heterocycles. The second-order valence-electron chi connectivity index (χ2n) is 3.15. The van der Waals surface area contributed by atoms with Crippen molar-refractivity contribution < 1.29 is 0 Å². The van der Waals surface area contributed by atoms with Crippen LogP contribution in [0.1, 0.15) is 42.6 Å². The summed E-state index contributed by atoms with van der Waals surface area (Å²) >= 11 is 5.12. The minimum atomic E-state index is 0.0406. The Morgan fingerprint density at radius 1 is 1.42 bits per heavy atom. The molecule has 1 heterocycles. The van der Waals surface area contributed by atoms with Gasteiger partial charge in [-0.1, -0.05) is 13.8 Å². The summed E-state index contributed by atoms with van der Waals surface area (Å²) in [5.41, 5.74) is 5.72. The van der Waals surface area contributed by atoms with Crippen molar-refractivity contribution in [2.75, 3.05) is 0 Å². The Balaban J connectivity index is 3.00. The molecule has 0 radical (unpaired) electrons. The largest absolute Gasteiger partial charge is 0.322 e. The fraction of sp³-hybridized carbons (Fsp3) is 0.625. The molecule has 0 aliphatic carbocycles. The molecule has 2 N–H and O–H groups in total. The third kappa shape index (κ3) is 2.06. The minimum absolute atomic E-state index is 0.0406. The van der Waals surface area contributed by atoms with Gasteiger partial charge in [-0.15, -0.1) is 11.3 Å². The molecule has 1 aromatic rings. The number of hydrogen-bond acceptors (Lipinski definition) is 3. The Labute approximate surface area is 85.3 Å². The van der Waals surface area contributed by atoms with E-state index in [4.69, 9.17) is 5.73 Å². The topological polar surface area (TPSA) is 38.9 Å². The van der Waals surface area contributed by atoms with Gasteiger partial charge < -0.3 is 5.73 Å². The molecule has 0 aromatic carbocycles. The second kappa shape index (κ2) is 3.85. The van der Waals surface area contributed by atoms with Crippen LogP contribution in [0, 0.1) is 0 Å². The van der Waals surface area contributed by atoms with Crippen molar-refractivity contribution in [1.82, 2.24) is 4.98 Å². The van der Waals surface area contributed by atoms with E-state index in [1.54, 1.807) is 11.3 Å². The van der Waals surface area contributed by atoms with Gasteiger partial charge in [-0.25, -0.2) is 4.98 Å². The van der Waals surface area contributed by atoms with Crippen LogP contribution in [0.15, 0.2) is 4.60 Å². The molecule has 0 fully saturated rings. The molecular weight excluding hydrogens is 236 g/mol. The Morgan fingerprint density at radius 2 is 2.00 bits per heavy atom. The first kappa shape index (κ1) is 10.2. The van der Waals surface area contributed by atoms with E-state index in [0.717, 1.165) is 9.61 Å². The predicted molar refractivity (Wildman–Crippen MR) is 56.5 cm³/mol. The summed E-state index contributed by atoms with van der Waals surface area (Å²) in [6.45, 7) is 6.27. The van der Waals surface area contributed by atoms with Crippen LogP contribution >= 0.6 is 27.3 Å². The highest BCUT2D eigenvalue weighted by atomic mass is 79.9. The van der Waals surface area contributed by atoms with E-state index in [1.807, 2.05) is 6.92 Å². The zero-order valence-corrected chi connectivity index (χ0v) is 9.87. The van der Waals surface area contributed by atoms with Gasteiger partial charge in [0.1, 0.15) is 9.61 Å². The summed E-state index contributed by atoms with van der Waals surface area (Å²) < 4.78 is 0.954. The van der Waals surface area contributed by atoms with Crippen molar-refractivity contribution in [3.8, 4) is 0 Å². The Hall–Kier alpha value is 0.0700. The summed E-state index contributed by atoms with van der Waals surface area (Å²) in [6.07, 6.45) is 0. The van der Waals surface area contributed by atoms with Crippen LogP contribution < -0.4 is 5.73 Å². The Morgan fingerprint density at radius 3 is 2.25 bits per heavy atom. The van der Waals surface area contributed by atoms with Crippen LogP contribution in [0.2, 0.25) is 0 Å². The lowest BCUT2D eigenvalue weighted by Gasteiger charge is -1.99. The maximum absolute atomic E-state index is 5.72. The van der Waals surface area contributed by atoms with Gasteiger partial charge in [0, 0.05) is 4.88 Å². The normalized spacial score (nSPS) is 13.8. The number of aromatic nitrogens is 1. The van der Waals surface area contributed by atoms with Gasteiger partial charge in [0.05, 0.1) is 6.04 Å². The Kier molecular flexibility index (Phi) is 3.26. The average Bonchev–Trinajstić information content (AvgIpc) is 2.30. The predicted octanol–water partition coefficient (Wildman–Crippen LogP) is 3.05. The van der Waals surface area contributed by atoms with E-state index in [0.29, 0.717) is 5.92 Å². The number of rotatable bonds is 2. The summed E-state index contributed by atoms with van der Waals surface area (Å²) in [7, 11) is 0. The van der Waals surface area contributed by atoms with E-state index in [2.05, 4.69) is 34.8 Å². The third-order valence-electron chi connectivity index (χ3n) is 1.54. The smallest absolute Gasteiger partial charge is 0.120 e. The second-order valence-corrected chi connectivity index (χ2v) is 4.96. The number of thiazole rings is 1. The first-order valence-corrected chi connectivity index (χ1v) is 5.55. The maximum Gasteiger partial charge on any atom is 0.120 e. The average molecular weight is 249 g/mol. The molecule has 0 aliphatic rings. The molecule has 12 heavy (non-hydrogen) atoms. The minimum Gasteiger partial charge on any atom is -0.322 e. The van der Waals surface area contributed by atoms with Gasteiger partial charge in [-0.2, -0.15) is 0 Å². The third-order valence-corrected chi connectivity index (χ3v) is 3.96. The molecule has 4 heteroatoms. The van der Waals surface area contributed by atoms with Crippen LogP contribution in [0.4, 0.5) is 0 Å². The summed E-state index contributed by atoms with van der Waals surface area (Å²) in [6, 6.07) is 0.0406. The number of nitrogens with two attached hydrogens (primary N) is 1. The summed E-state index contributed by atoms with van der Waals surface area (Å²) in [5.74, 6) is 0.518. The molecular formula is C8H13BrN2S. The standard InChI is InChI=1S/C8H13BrN2S/c1-4(2)6-7(9)11-8(12-6)5(3)10/h4-5H,10H2,1-3H3. The van der Waals surface area contributed by atoms with E-state index >= 15 is 0 Å². The van der Waals surface area contributed by atoms with E-state index in [9.17, 15) is 0 Å². The van der Waals surface area contributed by atoms with Crippen LogP contribution in [0.25, 0.3) is 0 Å². The van der Waals surface area contributed by atoms with Crippen molar-refractivity contribution in [1.29, 1.82) is 0 Å². The van der Waals surface area contributed by atoms with Crippen molar-refractivity contribution in [3.63, 3.8) is 0 Å². The molecule has 0 saturated carbocycles. The molecule has 0 amide bonds. The zero-order chi connectivity index (χ0) is 9.30. The van der Waals surface area contributed by atoms with Gasteiger partial charge in [0.15, 0.2) is 0 Å². The lowest BCUT2D eigenvalue weighted by Crippen LogP contribution is -2.03. The highest BCUT2D eigenvalue weighted by Crippen LogP contribution is 2.32. The Bertz CT molecular complexity index is 268. The van der Waals surface area contributed by atoms with E-state index in [-0.39, 0.29) is 6.04 Å². The number of hydrogen-bond donors (Lipinski definition) is 1. The SMILES string of the molecule is CC(C)c1sc(C(C)N)nc1Br. The van der Waals surface area contributed by atoms with Gasteiger partial charge in [-0.3, -0.25) is 0 Å². The lowest BCUT2D eigenvalue weighted by molar-refractivity contribution is 0.803. The molecule has 0 spiro atoms. The fourth-order valence-electron chi connectivity index (χ4n) is 0.880. The molecule has 1 rings (SSSR count). The highest BCUT2D eigenvalue weighted by molar-refractivity contribution is 9.10. The van der Waals surface area contributed by atoms with Crippen molar-refractivity contribution in [2.45, 2.75) is 32.7 Å². The lowest BCUT2D eigenvalue weighted by atomic mass is 10.2. The molecule has 0 saturated heterocycles. The van der Waals surface area contributed by atoms with Gasteiger partial charge in [-0.05, 0) is 28.8 Å². The zero-order valence-electron chi connectivity index (χ0n) is 7.47. The number of halogens is 1. The highest BCUT2D eigenvalue weighted by Gasteiger charge is 2.13. The molecule has 68 valence electrons. The maximum atomic E-state index is 5.72. The first-order valence-electron chi connectivity index (χ1n) is 3.94. The molecule has 1 atom stereocenters.